The van der Waals surface area contributed by atoms with Crippen LogP contribution in [0.15, 0.2) is 30.3 Å². The summed E-state index contributed by atoms with van der Waals surface area (Å²) in [6, 6.07) is 11.2. The number of hydrogen-bond donors (Lipinski definition) is 2. The van der Waals surface area contributed by atoms with E-state index in [1.165, 1.54) is 5.56 Å². The maximum absolute atomic E-state index is 11.9. The van der Waals surface area contributed by atoms with Crippen LogP contribution in [0.4, 0.5) is 0 Å². The predicted molar refractivity (Wildman–Crippen MR) is 81.1 cm³/mol. The Balaban J connectivity index is 1.87. The van der Waals surface area contributed by atoms with Crippen LogP contribution in [0, 0.1) is 5.92 Å². The molecule has 20 heavy (non-hydrogen) atoms. The summed E-state index contributed by atoms with van der Waals surface area (Å²) in [6.45, 7) is 6.36. The Morgan fingerprint density at radius 1 is 1.45 bits per heavy atom. The molecule has 110 valence electrons. The van der Waals surface area contributed by atoms with Crippen molar-refractivity contribution in [3.05, 3.63) is 35.9 Å². The molecule has 1 amide bonds. The first-order chi connectivity index (χ1) is 9.60. The highest BCUT2D eigenvalue weighted by atomic mass is 16.1. The molecule has 4 nitrogen and oxygen atoms in total. The molecule has 1 aliphatic heterocycles. The van der Waals surface area contributed by atoms with Gasteiger partial charge in [-0.25, -0.2) is 0 Å². The van der Waals surface area contributed by atoms with Crippen molar-refractivity contribution in [3.63, 3.8) is 0 Å². The monoisotopic (exact) mass is 275 g/mol. The van der Waals surface area contributed by atoms with Crippen LogP contribution in [-0.4, -0.2) is 36.0 Å². The van der Waals surface area contributed by atoms with Gasteiger partial charge in [-0.1, -0.05) is 37.3 Å². The van der Waals surface area contributed by atoms with Gasteiger partial charge in [0, 0.05) is 37.6 Å². The first kappa shape index (κ1) is 15.0. The fourth-order valence-corrected chi connectivity index (χ4v) is 2.69. The van der Waals surface area contributed by atoms with Crippen molar-refractivity contribution in [1.82, 2.24) is 10.2 Å². The molecule has 0 saturated carbocycles. The second-order valence-electron chi connectivity index (χ2n) is 5.84. The van der Waals surface area contributed by atoms with E-state index >= 15 is 0 Å². The topological polar surface area (TPSA) is 58.4 Å². The summed E-state index contributed by atoms with van der Waals surface area (Å²) in [5.74, 6) is -0.0280. The van der Waals surface area contributed by atoms with Crippen LogP contribution in [0.3, 0.4) is 0 Å². The normalized spacial score (nSPS) is 24.6. The summed E-state index contributed by atoms with van der Waals surface area (Å²) in [4.78, 5) is 14.3. The Bertz CT molecular complexity index is 435. The first-order valence-electron chi connectivity index (χ1n) is 7.38. The van der Waals surface area contributed by atoms with Crippen LogP contribution in [0.5, 0.6) is 0 Å². The third-order valence-electron chi connectivity index (χ3n) is 4.08. The van der Waals surface area contributed by atoms with Crippen LogP contribution in [0.1, 0.15) is 25.8 Å². The van der Waals surface area contributed by atoms with Gasteiger partial charge in [-0.2, -0.15) is 0 Å². The number of nitrogens with zero attached hydrogens (tertiary/aromatic N) is 1. The van der Waals surface area contributed by atoms with E-state index in [1.807, 2.05) is 13.0 Å². The number of likely N-dealkylation sites (tertiary alicyclic amines) is 1. The maximum atomic E-state index is 11.9. The van der Waals surface area contributed by atoms with E-state index in [4.69, 9.17) is 5.73 Å². The zero-order chi connectivity index (χ0) is 14.5. The van der Waals surface area contributed by atoms with E-state index in [9.17, 15) is 4.79 Å². The first-order valence-corrected chi connectivity index (χ1v) is 7.38. The van der Waals surface area contributed by atoms with Crippen LogP contribution < -0.4 is 11.1 Å². The van der Waals surface area contributed by atoms with E-state index in [0.29, 0.717) is 12.6 Å². The van der Waals surface area contributed by atoms with Crippen LogP contribution in [-0.2, 0) is 11.3 Å². The molecule has 3 N–H and O–H groups in total. The summed E-state index contributed by atoms with van der Waals surface area (Å²) in [7, 11) is 0. The van der Waals surface area contributed by atoms with Crippen LogP contribution in [0.25, 0.3) is 0 Å². The summed E-state index contributed by atoms with van der Waals surface area (Å²) in [5.41, 5.74) is 6.85. The Labute approximate surface area is 121 Å². The molecule has 0 aromatic heterocycles. The second kappa shape index (κ2) is 6.86. The molecule has 1 aromatic carbocycles. The van der Waals surface area contributed by atoms with Gasteiger partial charge < -0.3 is 11.1 Å². The molecule has 4 heteroatoms. The molecule has 0 bridgehead atoms. The SMILES string of the molecule is CC(CN)C(=O)NC1CC(C)N(Cc2ccccc2)C1. The number of carbonyl (C=O) groups excluding carboxylic acids is 1. The summed E-state index contributed by atoms with van der Waals surface area (Å²) >= 11 is 0. The van der Waals surface area contributed by atoms with Crippen LogP contribution >= 0.6 is 0 Å². The number of hydrogen-bond acceptors (Lipinski definition) is 3. The molecule has 1 saturated heterocycles. The Morgan fingerprint density at radius 2 is 2.15 bits per heavy atom. The van der Waals surface area contributed by atoms with E-state index in [0.717, 1.165) is 19.5 Å². The Morgan fingerprint density at radius 3 is 2.80 bits per heavy atom. The predicted octanol–water partition coefficient (Wildman–Crippen LogP) is 1.36. The molecular formula is C16H25N3O. The van der Waals surface area contributed by atoms with Crippen molar-refractivity contribution < 1.29 is 4.79 Å². The maximum Gasteiger partial charge on any atom is 0.224 e. The summed E-state index contributed by atoms with van der Waals surface area (Å²) in [5, 5.41) is 3.12. The standard InChI is InChI=1S/C16H25N3O/c1-12(9-17)16(20)18-15-8-13(2)19(11-15)10-14-6-4-3-5-7-14/h3-7,12-13,15H,8-11,17H2,1-2H3,(H,18,20). The molecule has 1 heterocycles. The number of benzene rings is 1. The van der Waals surface area contributed by atoms with E-state index < -0.39 is 0 Å². The lowest BCUT2D eigenvalue weighted by molar-refractivity contribution is -0.124. The van der Waals surface area contributed by atoms with Crippen LogP contribution in [0.2, 0.25) is 0 Å². The highest BCUT2D eigenvalue weighted by Gasteiger charge is 2.30. The van der Waals surface area contributed by atoms with E-state index in [1.54, 1.807) is 0 Å². The third kappa shape index (κ3) is 3.81. The average Bonchev–Trinajstić information content (AvgIpc) is 2.79. The lowest BCUT2D eigenvalue weighted by Crippen LogP contribution is -2.41. The second-order valence-corrected chi connectivity index (χ2v) is 5.84. The van der Waals surface area contributed by atoms with Crippen molar-refractivity contribution in [2.45, 2.75) is 38.9 Å². The minimum Gasteiger partial charge on any atom is -0.352 e. The van der Waals surface area contributed by atoms with Gasteiger partial charge in [-0.15, -0.1) is 0 Å². The fourth-order valence-electron chi connectivity index (χ4n) is 2.69. The van der Waals surface area contributed by atoms with Crippen molar-refractivity contribution in [2.75, 3.05) is 13.1 Å². The van der Waals surface area contributed by atoms with Crippen molar-refractivity contribution in [1.29, 1.82) is 0 Å². The molecule has 0 radical (unpaired) electrons. The van der Waals surface area contributed by atoms with Gasteiger partial charge in [0.25, 0.3) is 0 Å². The van der Waals surface area contributed by atoms with Gasteiger partial charge in [0.2, 0.25) is 5.91 Å². The highest BCUT2D eigenvalue weighted by molar-refractivity contribution is 5.78. The summed E-state index contributed by atoms with van der Waals surface area (Å²) in [6.07, 6.45) is 1.01. The highest BCUT2D eigenvalue weighted by Crippen LogP contribution is 2.20. The number of carbonyl (C=O) groups is 1. The minimum atomic E-state index is -0.103. The smallest absolute Gasteiger partial charge is 0.224 e. The molecule has 0 aliphatic carbocycles. The molecule has 1 aromatic rings. The number of rotatable bonds is 5. The fraction of sp³-hybridized carbons (Fsp3) is 0.562. The average molecular weight is 275 g/mol. The number of nitrogens with two attached hydrogens (primary N) is 1. The Hall–Kier alpha value is -1.39. The van der Waals surface area contributed by atoms with Gasteiger partial charge >= 0.3 is 0 Å². The van der Waals surface area contributed by atoms with E-state index in [2.05, 4.69) is 41.4 Å². The van der Waals surface area contributed by atoms with Gasteiger partial charge in [0.15, 0.2) is 0 Å². The van der Waals surface area contributed by atoms with E-state index in [-0.39, 0.29) is 17.9 Å². The zero-order valence-corrected chi connectivity index (χ0v) is 12.4. The zero-order valence-electron chi connectivity index (χ0n) is 12.4. The number of amides is 1. The van der Waals surface area contributed by atoms with Crippen molar-refractivity contribution >= 4 is 5.91 Å². The van der Waals surface area contributed by atoms with Gasteiger partial charge in [-0.05, 0) is 18.9 Å². The minimum absolute atomic E-state index is 0.0752. The largest absolute Gasteiger partial charge is 0.352 e. The molecular weight excluding hydrogens is 250 g/mol. The van der Waals surface area contributed by atoms with Crippen molar-refractivity contribution in [3.8, 4) is 0 Å². The quantitative estimate of drug-likeness (QED) is 0.853. The van der Waals surface area contributed by atoms with Gasteiger partial charge in [-0.3, -0.25) is 9.69 Å². The third-order valence-corrected chi connectivity index (χ3v) is 4.08. The van der Waals surface area contributed by atoms with Gasteiger partial charge in [0.1, 0.15) is 0 Å². The molecule has 1 aliphatic rings. The number of nitrogens with one attached hydrogen (secondary N) is 1. The lowest BCUT2D eigenvalue weighted by atomic mass is 10.1. The lowest BCUT2D eigenvalue weighted by Gasteiger charge is -2.21. The molecule has 0 spiro atoms. The van der Waals surface area contributed by atoms with Crippen molar-refractivity contribution in [2.24, 2.45) is 11.7 Å². The molecule has 2 rings (SSSR count). The Kier molecular flexibility index (Phi) is 5.15. The molecule has 3 atom stereocenters. The molecule has 1 fully saturated rings. The molecule has 3 unspecified atom stereocenters. The van der Waals surface area contributed by atoms with Gasteiger partial charge in [0.05, 0.1) is 0 Å². The summed E-state index contributed by atoms with van der Waals surface area (Å²) < 4.78 is 0.